The zero-order valence-corrected chi connectivity index (χ0v) is 39.0. The second kappa shape index (κ2) is 23.3. The van der Waals surface area contributed by atoms with Gasteiger partial charge in [0, 0.05) is 103 Å². The number of allylic oxidation sites excluding steroid dienone is 2. The first kappa shape index (κ1) is 51.1. The van der Waals surface area contributed by atoms with Crippen LogP contribution in [-0.4, -0.2) is 145 Å². The highest BCUT2D eigenvalue weighted by Gasteiger charge is 2.44. The molecule has 0 bridgehead atoms. The Morgan fingerprint density at radius 2 is 1.06 bits per heavy atom. The fourth-order valence-corrected chi connectivity index (χ4v) is 10.1. The number of alkyl halides is 4. The second-order valence-corrected chi connectivity index (χ2v) is 18.3. The SMILES string of the molecule is COCC(C(=O)C(COC)C1CC2=CC(N3CCC(Oc4ccc(F)cc4F)CC3)=C(NCC(F)F)OC2CN1)C1CC2=CC(N3CCC(Oc4ccc(F)cc4F)CC3)=C(NCC(F)F)OC2CN1. The number of nitrogens with one attached hydrogen (secondary N) is 4. The fourth-order valence-electron chi connectivity index (χ4n) is 10.1. The van der Waals surface area contributed by atoms with Gasteiger partial charge in [-0.15, -0.1) is 0 Å². The molecule has 4 fully saturated rings. The maximum Gasteiger partial charge on any atom is 0.255 e. The van der Waals surface area contributed by atoms with Crippen molar-refractivity contribution in [3.63, 3.8) is 0 Å². The van der Waals surface area contributed by atoms with Crippen LogP contribution in [0.2, 0.25) is 0 Å². The molecule has 6 unspecified atom stereocenters. The highest BCUT2D eigenvalue weighted by molar-refractivity contribution is 5.85. The van der Waals surface area contributed by atoms with Gasteiger partial charge in [0.1, 0.15) is 41.8 Å². The summed E-state index contributed by atoms with van der Waals surface area (Å²) in [6, 6.07) is 5.47. The molecule has 21 heteroatoms. The summed E-state index contributed by atoms with van der Waals surface area (Å²) in [5, 5.41) is 12.5. The first-order valence-corrected chi connectivity index (χ1v) is 23.7. The lowest BCUT2D eigenvalue weighted by atomic mass is 9.77. The highest BCUT2D eigenvalue weighted by atomic mass is 19.3. The number of hydrogen-bond donors (Lipinski definition) is 4. The standard InChI is InChI=1S/C49H60F8N6O7/c1-65-25-33(37-15-27-17-39(48(60-23-45(54)55)69-43(27)21-58-37)62-11-7-31(8-12-62)67-41-5-3-29(50)19-35(41)52)47(64)34(26-66-2)38-16-28-18-40(49(61-24-46(56)57)70-44(28)22-59-38)63-13-9-32(10-14-63)68-42-6-4-30(51)20-36(42)53/h3-6,17-20,31-34,37-38,43-46,58-61H,7-16,21-26H2,1-2H3. The molecule has 384 valence electrons. The lowest BCUT2D eigenvalue weighted by molar-refractivity contribution is -0.133. The Balaban J connectivity index is 0.959. The molecule has 0 spiro atoms. The number of hydrogen-bond acceptors (Lipinski definition) is 13. The van der Waals surface area contributed by atoms with E-state index in [0.717, 1.165) is 35.4 Å². The zero-order chi connectivity index (χ0) is 49.5. The van der Waals surface area contributed by atoms with Crippen LogP contribution < -0.4 is 30.7 Å². The molecule has 4 N–H and O–H groups in total. The monoisotopic (exact) mass is 996 g/mol. The van der Waals surface area contributed by atoms with E-state index in [2.05, 4.69) is 21.3 Å². The summed E-state index contributed by atoms with van der Waals surface area (Å²) >= 11 is 0. The van der Waals surface area contributed by atoms with Gasteiger partial charge in [-0.3, -0.25) is 4.79 Å². The Bertz CT molecular complexity index is 2120. The van der Waals surface area contributed by atoms with Crippen LogP contribution in [0.15, 0.2) is 82.9 Å². The van der Waals surface area contributed by atoms with Gasteiger partial charge in [-0.25, -0.2) is 35.1 Å². The van der Waals surface area contributed by atoms with Gasteiger partial charge in [-0.05, 0) is 60.4 Å². The van der Waals surface area contributed by atoms with Crippen molar-refractivity contribution in [1.29, 1.82) is 0 Å². The van der Waals surface area contributed by atoms with Gasteiger partial charge in [-0.2, -0.15) is 0 Å². The van der Waals surface area contributed by atoms with Crippen LogP contribution in [0.1, 0.15) is 38.5 Å². The molecule has 0 amide bonds. The summed E-state index contributed by atoms with van der Waals surface area (Å²) in [5.74, 6) is -4.12. The molecule has 2 aromatic rings. The van der Waals surface area contributed by atoms with E-state index in [1.807, 2.05) is 22.0 Å². The van der Waals surface area contributed by atoms with Crippen LogP contribution in [0.4, 0.5) is 35.1 Å². The molecule has 0 radical (unpaired) electrons. The van der Waals surface area contributed by atoms with Gasteiger partial charge in [0.2, 0.25) is 11.8 Å². The number of piperidine rings is 4. The van der Waals surface area contributed by atoms with Crippen molar-refractivity contribution in [3.05, 3.63) is 106 Å². The summed E-state index contributed by atoms with van der Waals surface area (Å²) in [6.07, 6.45) is -0.547. The van der Waals surface area contributed by atoms with Crippen LogP contribution >= 0.6 is 0 Å². The maximum atomic E-state index is 14.9. The molecule has 8 rings (SSSR count). The number of likely N-dealkylation sites (tertiary alicyclic amines) is 2. The molecule has 4 saturated heterocycles. The Hall–Kier alpha value is -5.25. The minimum Gasteiger partial charge on any atom is -0.487 e. The van der Waals surface area contributed by atoms with E-state index in [9.17, 15) is 39.9 Å². The van der Waals surface area contributed by atoms with Crippen LogP contribution in [0.5, 0.6) is 11.5 Å². The molecule has 0 aromatic heterocycles. The predicted molar refractivity (Wildman–Crippen MR) is 240 cm³/mol. The van der Waals surface area contributed by atoms with Crippen molar-refractivity contribution in [3.8, 4) is 11.5 Å². The van der Waals surface area contributed by atoms with Gasteiger partial charge in [0.15, 0.2) is 23.1 Å². The lowest BCUT2D eigenvalue weighted by Gasteiger charge is -2.43. The minimum absolute atomic E-state index is 0.0512. The van der Waals surface area contributed by atoms with Gasteiger partial charge < -0.3 is 59.5 Å². The van der Waals surface area contributed by atoms with E-state index in [0.29, 0.717) is 76.1 Å². The molecular weight excluding hydrogens is 937 g/mol. The van der Waals surface area contributed by atoms with Gasteiger partial charge >= 0.3 is 0 Å². The molecule has 6 aliphatic rings. The maximum absolute atomic E-state index is 14.9. The highest BCUT2D eigenvalue weighted by Crippen LogP contribution is 2.37. The first-order chi connectivity index (χ1) is 33.8. The number of nitrogens with zero attached hydrogens (tertiary/aromatic N) is 2. The third-order valence-electron chi connectivity index (χ3n) is 13.7. The van der Waals surface area contributed by atoms with Crippen molar-refractivity contribution in [1.82, 2.24) is 31.1 Å². The molecule has 6 aliphatic heterocycles. The van der Waals surface area contributed by atoms with E-state index in [4.69, 9.17) is 28.4 Å². The Morgan fingerprint density at radius 1 is 0.657 bits per heavy atom. The molecular formula is C49H60F8N6O7. The van der Waals surface area contributed by atoms with Crippen molar-refractivity contribution in [2.45, 2.75) is 87.9 Å². The van der Waals surface area contributed by atoms with E-state index < -0.39 is 85.3 Å². The quantitative estimate of drug-likeness (QED) is 0.114. The van der Waals surface area contributed by atoms with Crippen LogP contribution in [0, 0.1) is 35.1 Å². The van der Waals surface area contributed by atoms with E-state index in [1.54, 1.807) is 0 Å². The molecule has 6 atom stereocenters. The Labute approximate surface area is 401 Å². The van der Waals surface area contributed by atoms with E-state index in [-0.39, 0.29) is 67.6 Å². The number of fused-ring (bicyclic) bond motifs is 2. The predicted octanol–water partition coefficient (Wildman–Crippen LogP) is 6.15. The summed E-state index contributed by atoms with van der Waals surface area (Å²) in [4.78, 5) is 18.9. The zero-order valence-electron chi connectivity index (χ0n) is 39.0. The van der Waals surface area contributed by atoms with Gasteiger partial charge in [-0.1, -0.05) is 0 Å². The van der Waals surface area contributed by atoms with Crippen LogP contribution in [0.25, 0.3) is 0 Å². The van der Waals surface area contributed by atoms with Gasteiger partial charge in [0.25, 0.3) is 12.9 Å². The number of rotatable bonds is 20. The number of methoxy groups -OCH3 is 2. The summed E-state index contributed by atoms with van der Waals surface area (Å²) in [7, 11) is 3.05. The number of carbonyl (C=O) groups is 1. The van der Waals surface area contributed by atoms with Crippen LogP contribution in [0.3, 0.4) is 0 Å². The fraction of sp³-hybridized carbons (Fsp3) is 0.571. The van der Waals surface area contributed by atoms with Crippen molar-refractivity contribution in [2.75, 3.05) is 79.8 Å². The number of benzene rings is 2. The number of halogens is 8. The normalized spacial score (nSPS) is 24.3. The lowest BCUT2D eigenvalue weighted by Crippen LogP contribution is -2.56. The summed E-state index contributed by atoms with van der Waals surface area (Å²) < 4.78 is 146. The molecule has 6 heterocycles. The number of carbonyl (C=O) groups excluding carboxylic acids is 1. The molecule has 70 heavy (non-hydrogen) atoms. The van der Waals surface area contributed by atoms with Crippen molar-refractivity contribution >= 4 is 5.78 Å². The minimum atomic E-state index is -2.65. The molecule has 13 nitrogen and oxygen atoms in total. The summed E-state index contributed by atoms with van der Waals surface area (Å²) in [5.41, 5.74) is 2.88. The number of ether oxygens (including phenoxy) is 6. The third kappa shape index (κ3) is 12.4. The average molecular weight is 997 g/mol. The smallest absolute Gasteiger partial charge is 0.255 e. The molecule has 0 aliphatic carbocycles. The average Bonchev–Trinajstić information content (AvgIpc) is 3.34. The molecule has 0 saturated carbocycles. The second-order valence-electron chi connectivity index (χ2n) is 18.3. The Morgan fingerprint density at radius 3 is 1.41 bits per heavy atom. The third-order valence-corrected chi connectivity index (χ3v) is 13.7. The topological polar surface area (TPSA) is 127 Å². The van der Waals surface area contributed by atoms with Gasteiger partial charge in [0.05, 0.1) is 49.5 Å². The first-order valence-electron chi connectivity index (χ1n) is 23.7. The summed E-state index contributed by atoms with van der Waals surface area (Å²) in [6.45, 7) is 1.19. The number of Topliss-reactive ketones (excluding diaryl/α,β-unsaturated/α-hetero) is 1. The van der Waals surface area contributed by atoms with E-state index in [1.165, 1.54) is 26.4 Å². The molecule has 2 aromatic carbocycles. The largest absolute Gasteiger partial charge is 0.487 e. The Kier molecular flexibility index (Phi) is 17.0. The van der Waals surface area contributed by atoms with Crippen molar-refractivity contribution in [2.24, 2.45) is 11.8 Å². The van der Waals surface area contributed by atoms with E-state index >= 15 is 0 Å². The van der Waals surface area contributed by atoms with Crippen molar-refractivity contribution < 1.29 is 68.3 Å². The number of ketones is 1. The van der Waals surface area contributed by atoms with Crippen LogP contribution in [-0.2, 0) is 23.7 Å².